The second kappa shape index (κ2) is 10.9. The number of carbonyl (C=O) groups excluding carboxylic acids is 1. The maximum atomic E-state index is 13.5. The number of hydrogen-bond acceptors (Lipinski definition) is 7. The van der Waals surface area contributed by atoms with Crippen molar-refractivity contribution in [3.63, 3.8) is 0 Å². The maximum Gasteiger partial charge on any atom is 0.260 e. The molecule has 0 saturated carbocycles. The van der Waals surface area contributed by atoms with Crippen LogP contribution in [0.25, 0.3) is 10.2 Å². The molecule has 0 aliphatic carbocycles. The minimum atomic E-state index is -0.0645. The summed E-state index contributed by atoms with van der Waals surface area (Å²) in [6, 6.07) is 11.2. The molecule has 0 N–H and O–H groups in total. The highest BCUT2D eigenvalue weighted by Gasteiger charge is 2.23. The van der Waals surface area contributed by atoms with E-state index in [0.29, 0.717) is 29.6 Å². The van der Waals surface area contributed by atoms with Gasteiger partial charge in [-0.25, -0.2) is 4.98 Å². The zero-order chi connectivity index (χ0) is 23.2. The summed E-state index contributed by atoms with van der Waals surface area (Å²) in [5, 5.41) is 0.678. The molecule has 0 spiro atoms. The molecule has 3 aromatic rings. The van der Waals surface area contributed by atoms with Crippen molar-refractivity contribution in [3.8, 4) is 17.2 Å². The Morgan fingerprint density at radius 3 is 2.55 bits per heavy atom. The molecule has 0 radical (unpaired) electrons. The second-order valence-electron chi connectivity index (χ2n) is 8.36. The summed E-state index contributed by atoms with van der Waals surface area (Å²) >= 11 is 1.49. The van der Waals surface area contributed by atoms with Crippen LogP contribution in [0.1, 0.15) is 43.0 Å². The topological polar surface area (TPSA) is 64.1 Å². The van der Waals surface area contributed by atoms with Gasteiger partial charge < -0.3 is 19.1 Å². The van der Waals surface area contributed by atoms with E-state index in [4.69, 9.17) is 19.2 Å². The number of hydrogen-bond donors (Lipinski definition) is 0. The lowest BCUT2D eigenvalue weighted by atomic mass is 10.2. The number of nitrogens with zero attached hydrogens (tertiary/aromatic N) is 3. The van der Waals surface area contributed by atoms with Crippen LogP contribution in [-0.4, -0.2) is 56.4 Å². The number of amides is 1. The smallest absolute Gasteiger partial charge is 0.260 e. The van der Waals surface area contributed by atoms with Gasteiger partial charge in [-0.05, 0) is 57.7 Å². The molecule has 1 amide bonds. The van der Waals surface area contributed by atoms with Crippen molar-refractivity contribution in [3.05, 3.63) is 42.0 Å². The zero-order valence-corrected chi connectivity index (χ0v) is 20.3. The number of anilines is 1. The third-order valence-corrected chi connectivity index (χ3v) is 6.49. The first-order valence-electron chi connectivity index (χ1n) is 11.4. The van der Waals surface area contributed by atoms with E-state index in [0.717, 1.165) is 53.9 Å². The lowest BCUT2D eigenvalue weighted by Gasteiger charge is -2.21. The molecule has 1 aromatic heterocycles. The lowest BCUT2D eigenvalue weighted by Crippen LogP contribution is -2.33. The third kappa shape index (κ3) is 5.75. The van der Waals surface area contributed by atoms with Gasteiger partial charge in [0.1, 0.15) is 5.75 Å². The van der Waals surface area contributed by atoms with Gasteiger partial charge in [0, 0.05) is 24.2 Å². The molecule has 0 bridgehead atoms. The first kappa shape index (κ1) is 23.3. The van der Waals surface area contributed by atoms with Crippen molar-refractivity contribution in [2.45, 2.75) is 32.6 Å². The number of thiazole rings is 1. The fraction of sp³-hybridized carbons (Fsp3) is 0.440. The van der Waals surface area contributed by atoms with Gasteiger partial charge in [0.05, 0.1) is 16.8 Å². The molecule has 1 aliphatic heterocycles. The standard InChI is InChI=1S/C25H31N3O4S/c1-4-5-6-14-30-19-10-8-18(9-11-19)24(29)28(13-7-12-27(2)3)25-26-20-15-21-22(32-17-31-21)16-23(20)33-25/h8-11,15-16H,4-7,12-14,17H2,1-3H3. The molecule has 0 fully saturated rings. The minimum Gasteiger partial charge on any atom is -0.494 e. The first-order chi connectivity index (χ1) is 16.0. The van der Waals surface area contributed by atoms with Crippen molar-refractivity contribution in [1.29, 1.82) is 0 Å². The third-order valence-electron chi connectivity index (χ3n) is 5.45. The average Bonchev–Trinajstić information content (AvgIpc) is 3.43. The molecule has 7 nitrogen and oxygen atoms in total. The van der Waals surface area contributed by atoms with E-state index in [2.05, 4.69) is 11.8 Å². The summed E-state index contributed by atoms with van der Waals surface area (Å²) in [6.45, 7) is 4.56. The summed E-state index contributed by atoms with van der Waals surface area (Å²) < 4.78 is 17.7. The summed E-state index contributed by atoms with van der Waals surface area (Å²) in [6.07, 6.45) is 4.20. The van der Waals surface area contributed by atoms with Crippen molar-refractivity contribution in [2.75, 3.05) is 45.5 Å². The largest absolute Gasteiger partial charge is 0.494 e. The Morgan fingerprint density at radius 1 is 1.06 bits per heavy atom. The summed E-state index contributed by atoms with van der Waals surface area (Å²) in [5.41, 5.74) is 1.43. The van der Waals surface area contributed by atoms with Crippen LogP contribution >= 0.6 is 11.3 Å². The van der Waals surface area contributed by atoms with E-state index in [1.54, 1.807) is 4.90 Å². The zero-order valence-electron chi connectivity index (χ0n) is 19.5. The molecule has 2 aromatic carbocycles. The molecular formula is C25H31N3O4S. The highest BCUT2D eigenvalue weighted by Crippen LogP contribution is 2.40. The SMILES string of the molecule is CCCCCOc1ccc(C(=O)N(CCCN(C)C)c2nc3cc4c(cc3s2)OCO4)cc1. The maximum absolute atomic E-state index is 13.5. The van der Waals surface area contributed by atoms with Gasteiger partial charge in [0.25, 0.3) is 5.91 Å². The lowest BCUT2D eigenvalue weighted by molar-refractivity contribution is 0.0986. The van der Waals surface area contributed by atoms with Crippen molar-refractivity contribution >= 4 is 32.6 Å². The summed E-state index contributed by atoms with van der Waals surface area (Å²) in [5.74, 6) is 2.14. The van der Waals surface area contributed by atoms with Crippen LogP contribution in [-0.2, 0) is 0 Å². The molecular weight excluding hydrogens is 438 g/mol. The highest BCUT2D eigenvalue weighted by atomic mass is 32.1. The van der Waals surface area contributed by atoms with Crippen LogP contribution in [0, 0.1) is 0 Å². The summed E-state index contributed by atoms with van der Waals surface area (Å²) in [4.78, 5) is 22.2. The Hall–Kier alpha value is -2.84. The number of fused-ring (bicyclic) bond motifs is 2. The number of benzene rings is 2. The summed E-state index contributed by atoms with van der Waals surface area (Å²) in [7, 11) is 4.06. The molecule has 0 atom stereocenters. The second-order valence-corrected chi connectivity index (χ2v) is 9.37. The molecule has 8 heteroatoms. The van der Waals surface area contributed by atoms with Gasteiger partial charge in [-0.15, -0.1) is 0 Å². The number of ether oxygens (including phenoxy) is 3. The van der Waals surface area contributed by atoms with Gasteiger partial charge in [0.2, 0.25) is 6.79 Å². The van der Waals surface area contributed by atoms with Crippen LogP contribution in [0.3, 0.4) is 0 Å². The molecule has 176 valence electrons. The predicted octanol–water partition coefficient (Wildman–Crippen LogP) is 5.19. The van der Waals surface area contributed by atoms with Gasteiger partial charge in [-0.1, -0.05) is 31.1 Å². The number of aromatic nitrogens is 1. The number of carbonyl (C=O) groups is 1. The fourth-order valence-electron chi connectivity index (χ4n) is 3.64. The Kier molecular flexibility index (Phi) is 7.67. The normalized spacial score (nSPS) is 12.5. The number of unbranched alkanes of at least 4 members (excludes halogenated alkanes) is 2. The van der Waals surface area contributed by atoms with E-state index >= 15 is 0 Å². The van der Waals surface area contributed by atoms with Crippen LogP contribution in [0.15, 0.2) is 36.4 Å². The van der Waals surface area contributed by atoms with Gasteiger partial charge in [-0.3, -0.25) is 9.69 Å². The molecule has 1 aliphatic rings. The molecule has 0 unspecified atom stereocenters. The monoisotopic (exact) mass is 469 g/mol. The van der Waals surface area contributed by atoms with E-state index in [9.17, 15) is 4.79 Å². The fourth-order valence-corrected chi connectivity index (χ4v) is 4.64. The van der Waals surface area contributed by atoms with Crippen LogP contribution in [0.2, 0.25) is 0 Å². The first-order valence-corrected chi connectivity index (χ1v) is 12.3. The average molecular weight is 470 g/mol. The van der Waals surface area contributed by atoms with E-state index < -0.39 is 0 Å². The molecule has 2 heterocycles. The quantitative estimate of drug-likeness (QED) is 0.360. The minimum absolute atomic E-state index is 0.0645. The van der Waals surface area contributed by atoms with Crippen molar-refractivity contribution < 1.29 is 19.0 Å². The Morgan fingerprint density at radius 2 is 1.82 bits per heavy atom. The van der Waals surface area contributed by atoms with Gasteiger partial charge >= 0.3 is 0 Å². The predicted molar refractivity (Wildman–Crippen MR) is 132 cm³/mol. The van der Waals surface area contributed by atoms with Crippen LogP contribution < -0.4 is 19.1 Å². The molecule has 4 rings (SSSR count). The van der Waals surface area contributed by atoms with Crippen molar-refractivity contribution in [1.82, 2.24) is 9.88 Å². The van der Waals surface area contributed by atoms with E-state index in [-0.39, 0.29) is 12.7 Å². The Balaban J connectivity index is 1.53. The van der Waals surface area contributed by atoms with Crippen LogP contribution in [0.5, 0.6) is 17.2 Å². The number of rotatable bonds is 11. The van der Waals surface area contributed by atoms with E-state index in [1.165, 1.54) is 11.3 Å². The van der Waals surface area contributed by atoms with Crippen LogP contribution in [0.4, 0.5) is 5.13 Å². The van der Waals surface area contributed by atoms with Gasteiger partial charge in [-0.2, -0.15) is 0 Å². The van der Waals surface area contributed by atoms with Gasteiger partial charge in [0.15, 0.2) is 16.6 Å². The molecule has 0 saturated heterocycles. The Labute approximate surface area is 198 Å². The molecule has 33 heavy (non-hydrogen) atoms. The Bertz CT molecular complexity index is 1040. The van der Waals surface area contributed by atoms with Crippen molar-refractivity contribution in [2.24, 2.45) is 0 Å². The van der Waals surface area contributed by atoms with E-state index in [1.807, 2.05) is 50.5 Å². The highest BCUT2D eigenvalue weighted by molar-refractivity contribution is 7.22.